The van der Waals surface area contributed by atoms with Crippen molar-refractivity contribution in [2.75, 3.05) is 5.73 Å². The van der Waals surface area contributed by atoms with Gasteiger partial charge in [0.2, 0.25) is 0 Å². The van der Waals surface area contributed by atoms with Crippen LogP contribution in [0.2, 0.25) is 0 Å². The third-order valence-corrected chi connectivity index (χ3v) is 5.00. The molecule has 108 valence electrons. The van der Waals surface area contributed by atoms with Gasteiger partial charge in [-0.1, -0.05) is 11.3 Å². The number of amides is 1. The summed E-state index contributed by atoms with van der Waals surface area (Å²) in [5, 5.41) is 6.29. The lowest BCUT2D eigenvalue weighted by atomic mass is 10.1. The standard InChI is InChI=1S/C14H14N4OS2/c1-14(2,12-16-5-6-20-12)18-11(19)8-3-4-9-10(7-8)21-13(15)17-9/h3-7H,1-2H3,(H2,15,17)(H,18,19). The SMILES string of the molecule is CC(C)(NC(=O)c1ccc2nc(N)sc2c1)c1nccs1. The maximum absolute atomic E-state index is 12.4. The molecule has 0 saturated carbocycles. The minimum Gasteiger partial charge on any atom is -0.375 e. The lowest BCUT2D eigenvalue weighted by Gasteiger charge is -2.23. The van der Waals surface area contributed by atoms with E-state index in [-0.39, 0.29) is 5.91 Å². The molecule has 2 aromatic heterocycles. The first-order valence-electron chi connectivity index (χ1n) is 6.34. The third-order valence-electron chi connectivity index (χ3n) is 3.06. The Morgan fingerprint density at radius 3 is 2.90 bits per heavy atom. The minimum absolute atomic E-state index is 0.135. The van der Waals surface area contributed by atoms with Gasteiger partial charge in [0.15, 0.2) is 5.13 Å². The van der Waals surface area contributed by atoms with Crippen LogP contribution < -0.4 is 11.1 Å². The zero-order valence-electron chi connectivity index (χ0n) is 11.6. The van der Waals surface area contributed by atoms with Gasteiger partial charge in [0.25, 0.3) is 5.91 Å². The smallest absolute Gasteiger partial charge is 0.252 e. The summed E-state index contributed by atoms with van der Waals surface area (Å²) in [6.07, 6.45) is 1.74. The van der Waals surface area contributed by atoms with Crippen molar-refractivity contribution >= 4 is 43.9 Å². The minimum atomic E-state index is -0.507. The predicted octanol–water partition coefficient (Wildman–Crippen LogP) is 3.00. The molecule has 3 aromatic rings. The molecule has 0 aliphatic carbocycles. The molecule has 0 saturated heterocycles. The number of aromatic nitrogens is 2. The monoisotopic (exact) mass is 318 g/mol. The summed E-state index contributed by atoms with van der Waals surface area (Å²) in [5.74, 6) is -0.135. The van der Waals surface area contributed by atoms with Crippen LogP contribution in [0.25, 0.3) is 10.2 Å². The first-order chi connectivity index (χ1) is 9.95. The van der Waals surface area contributed by atoms with Crippen LogP contribution in [-0.2, 0) is 5.54 Å². The molecular weight excluding hydrogens is 304 g/mol. The van der Waals surface area contributed by atoms with Crippen LogP contribution in [0.4, 0.5) is 5.13 Å². The maximum atomic E-state index is 12.4. The number of nitrogens with zero attached hydrogens (tertiary/aromatic N) is 2. The molecule has 0 atom stereocenters. The summed E-state index contributed by atoms with van der Waals surface area (Å²) in [6.45, 7) is 3.87. The molecule has 0 aliphatic rings. The lowest BCUT2D eigenvalue weighted by Crippen LogP contribution is -2.40. The van der Waals surface area contributed by atoms with Crippen molar-refractivity contribution in [3.63, 3.8) is 0 Å². The van der Waals surface area contributed by atoms with Crippen LogP contribution >= 0.6 is 22.7 Å². The van der Waals surface area contributed by atoms with Crippen molar-refractivity contribution in [3.8, 4) is 0 Å². The highest BCUT2D eigenvalue weighted by Gasteiger charge is 2.26. The van der Waals surface area contributed by atoms with E-state index in [0.29, 0.717) is 10.7 Å². The lowest BCUT2D eigenvalue weighted by molar-refractivity contribution is 0.0912. The van der Waals surface area contributed by atoms with Gasteiger partial charge in [0, 0.05) is 17.1 Å². The second kappa shape index (κ2) is 5.09. The van der Waals surface area contributed by atoms with Crippen LogP contribution in [0.5, 0.6) is 0 Å². The van der Waals surface area contributed by atoms with E-state index in [9.17, 15) is 4.79 Å². The van der Waals surface area contributed by atoms with Gasteiger partial charge in [0.1, 0.15) is 5.01 Å². The second-order valence-corrected chi connectivity index (χ2v) is 7.11. The van der Waals surface area contributed by atoms with E-state index in [1.165, 1.54) is 22.7 Å². The first kappa shape index (κ1) is 14.0. The summed E-state index contributed by atoms with van der Waals surface area (Å²) in [7, 11) is 0. The number of nitrogens with one attached hydrogen (secondary N) is 1. The van der Waals surface area contributed by atoms with E-state index in [0.717, 1.165) is 15.2 Å². The molecule has 0 radical (unpaired) electrons. The maximum Gasteiger partial charge on any atom is 0.252 e. The van der Waals surface area contributed by atoms with Crippen LogP contribution in [-0.4, -0.2) is 15.9 Å². The number of carbonyl (C=O) groups is 1. The van der Waals surface area contributed by atoms with Crippen molar-refractivity contribution in [1.82, 2.24) is 15.3 Å². The average molecular weight is 318 g/mol. The van der Waals surface area contributed by atoms with Gasteiger partial charge in [-0.25, -0.2) is 9.97 Å². The van der Waals surface area contributed by atoms with E-state index in [2.05, 4.69) is 15.3 Å². The third kappa shape index (κ3) is 2.74. The Bertz CT molecular complexity index is 793. The Kier molecular flexibility index (Phi) is 3.38. The molecule has 1 amide bonds. The highest BCUT2D eigenvalue weighted by Crippen LogP contribution is 2.26. The largest absolute Gasteiger partial charge is 0.375 e. The van der Waals surface area contributed by atoms with Crippen LogP contribution in [0.3, 0.4) is 0 Å². The number of hydrogen-bond donors (Lipinski definition) is 2. The zero-order chi connectivity index (χ0) is 15.0. The number of rotatable bonds is 3. The van der Waals surface area contributed by atoms with E-state index in [4.69, 9.17) is 5.73 Å². The summed E-state index contributed by atoms with van der Waals surface area (Å²) in [4.78, 5) is 20.9. The van der Waals surface area contributed by atoms with Crippen molar-refractivity contribution < 1.29 is 4.79 Å². The second-order valence-electron chi connectivity index (χ2n) is 5.15. The Morgan fingerprint density at radius 1 is 1.38 bits per heavy atom. The van der Waals surface area contributed by atoms with Crippen molar-refractivity contribution in [3.05, 3.63) is 40.3 Å². The number of nitrogen functional groups attached to an aromatic ring is 1. The molecule has 0 aliphatic heterocycles. The zero-order valence-corrected chi connectivity index (χ0v) is 13.2. The van der Waals surface area contributed by atoms with Gasteiger partial charge in [-0.05, 0) is 32.0 Å². The molecule has 5 nitrogen and oxygen atoms in total. The van der Waals surface area contributed by atoms with Crippen molar-refractivity contribution in [1.29, 1.82) is 0 Å². The predicted molar refractivity (Wildman–Crippen MR) is 86.6 cm³/mol. The van der Waals surface area contributed by atoms with Crippen LogP contribution in [0, 0.1) is 0 Å². The molecule has 7 heteroatoms. The summed E-state index contributed by atoms with van der Waals surface area (Å²) >= 11 is 2.90. The quantitative estimate of drug-likeness (QED) is 0.778. The molecule has 21 heavy (non-hydrogen) atoms. The van der Waals surface area contributed by atoms with Gasteiger partial charge in [-0.2, -0.15) is 0 Å². The fourth-order valence-corrected chi connectivity index (χ4v) is 3.52. The van der Waals surface area contributed by atoms with Gasteiger partial charge < -0.3 is 11.1 Å². The molecule has 3 rings (SSSR count). The van der Waals surface area contributed by atoms with Gasteiger partial charge >= 0.3 is 0 Å². The number of thiazole rings is 2. The van der Waals surface area contributed by atoms with E-state index in [1.54, 1.807) is 12.3 Å². The Labute approximate surface area is 129 Å². The molecular formula is C14H14N4OS2. The molecule has 1 aromatic carbocycles. The normalized spacial score (nSPS) is 11.7. The summed E-state index contributed by atoms with van der Waals surface area (Å²) in [5.41, 5.74) is 6.58. The number of carbonyl (C=O) groups excluding carboxylic acids is 1. The van der Waals surface area contributed by atoms with Gasteiger partial charge in [0.05, 0.1) is 15.8 Å². The molecule has 0 fully saturated rings. The Balaban J connectivity index is 1.86. The van der Waals surface area contributed by atoms with Gasteiger partial charge in [-0.3, -0.25) is 4.79 Å². The fourth-order valence-electron chi connectivity index (χ4n) is 2.03. The molecule has 3 N–H and O–H groups in total. The summed E-state index contributed by atoms with van der Waals surface area (Å²) in [6, 6.07) is 5.39. The topological polar surface area (TPSA) is 80.9 Å². The van der Waals surface area contributed by atoms with E-state index >= 15 is 0 Å². The first-order valence-corrected chi connectivity index (χ1v) is 8.04. The summed E-state index contributed by atoms with van der Waals surface area (Å²) < 4.78 is 0.909. The fraction of sp³-hybridized carbons (Fsp3) is 0.214. The average Bonchev–Trinajstić information content (AvgIpc) is 3.05. The van der Waals surface area contributed by atoms with E-state index < -0.39 is 5.54 Å². The van der Waals surface area contributed by atoms with E-state index in [1.807, 2.05) is 31.4 Å². The number of benzene rings is 1. The Morgan fingerprint density at radius 2 is 2.19 bits per heavy atom. The number of nitrogens with two attached hydrogens (primary N) is 1. The molecule has 0 bridgehead atoms. The van der Waals surface area contributed by atoms with Crippen LogP contribution in [0.1, 0.15) is 29.2 Å². The van der Waals surface area contributed by atoms with Crippen LogP contribution in [0.15, 0.2) is 29.8 Å². The van der Waals surface area contributed by atoms with Crippen molar-refractivity contribution in [2.45, 2.75) is 19.4 Å². The molecule has 0 spiro atoms. The number of anilines is 1. The highest BCUT2D eigenvalue weighted by molar-refractivity contribution is 7.22. The van der Waals surface area contributed by atoms with Crippen molar-refractivity contribution in [2.24, 2.45) is 0 Å². The Hall–Kier alpha value is -1.99. The molecule has 0 unspecified atom stereocenters. The number of fused-ring (bicyclic) bond motifs is 1. The number of hydrogen-bond acceptors (Lipinski definition) is 6. The van der Waals surface area contributed by atoms with Gasteiger partial charge in [-0.15, -0.1) is 11.3 Å². The molecule has 2 heterocycles. The highest BCUT2D eigenvalue weighted by atomic mass is 32.1.